The summed E-state index contributed by atoms with van der Waals surface area (Å²) in [7, 11) is 0. The maximum absolute atomic E-state index is 14.2. The fraction of sp³-hybridized carbons (Fsp3) is 0.273. The van der Waals surface area contributed by atoms with Crippen molar-refractivity contribution in [3.8, 4) is 22.4 Å². The third kappa shape index (κ3) is 8.30. The molecule has 7 nitrogen and oxygen atoms in total. The van der Waals surface area contributed by atoms with Crippen molar-refractivity contribution in [1.82, 2.24) is 4.57 Å². The first kappa shape index (κ1) is 26.6. The van der Waals surface area contributed by atoms with E-state index in [1.807, 2.05) is 0 Å². The SMILES string of the molecule is [2H]c1c([2H])c([2H])c(-c2c(C(=O)Nc3ccccc3)c(C(C)C)n(CC[C@@H]([O-])C[C@@H](O)CC(=O)[O-])c2-c2ccc(F)cc2)c([2H])c1[2H].[Ca+2]. The van der Waals surface area contributed by atoms with Crippen molar-refractivity contribution in [3.05, 3.63) is 102 Å². The molecule has 0 saturated heterocycles. The number of benzene rings is 3. The van der Waals surface area contributed by atoms with E-state index in [9.17, 15) is 29.3 Å². The van der Waals surface area contributed by atoms with Crippen LogP contribution >= 0.6 is 0 Å². The number of carbonyl (C=O) groups excluding carboxylic acids is 2. The molecule has 4 rings (SSSR count). The van der Waals surface area contributed by atoms with Gasteiger partial charge in [-0.05, 0) is 66.3 Å². The molecule has 1 amide bonds. The summed E-state index contributed by atoms with van der Waals surface area (Å²) < 4.78 is 58.3. The number of hydrogen-bond donors (Lipinski definition) is 2. The van der Waals surface area contributed by atoms with Crippen LogP contribution in [0.15, 0.2) is 84.8 Å². The van der Waals surface area contributed by atoms with Gasteiger partial charge >= 0.3 is 37.7 Å². The van der Waals surface area contributed by atoms with Crippen LogP contribution < -0.4 is 15.5 Å². The number of halogens is 1. The first-order valence-corrected chi connectivity index (χ1v) is 13.2. The summed E-state index contributed by atoms with van der Waals surface area (Å²) in [4.78, 5) is 25.1. The Bertz CT molecular complexity index is 1720. The van der Waals surface area contributed by atoms with E-state index in [-0.39, 0.29) is 79.5 Å². The van der Waals surface area contributed by atoms with E-state index in [0.717, 1.165) is 0 Å². The van der Waals surface area contributed by atoms with Gasteiger partial charge < -0.3 is 30.0 Å². The Morgan fingerprint density at radius 1 is 1.02 bits per heavy atom. The number of rotatable bonds is 12. The minimum absolute atomic E-state index is 0. The first-order chi connectivity index (χ1) is 21.7. The number of aliphatic hydroxyl groups excluding tert-OH is 1. The molecule has 0 unspecified atom stereocenters. The van der Waals surface area contributed by atoms with E-state index in [1.54, 1.807) is 48.7 Å². The van der Waals surface area contributed by atoms with E-state index in [1.165, 1.54) is 24.3 Å². The number of nitrogens with zero attached hydrogens (tertiary/aromatic N) is 1. The molecule has 4 aromatic rings. The van der Waals surface area contributed by atoms with Crippen LogP contribution in [0.3, 0.4) is 0 Å². The fourth-order valence-electron chi connectivity index (χ4n) is 4.91. The number of para-hydroxylation sites is 1. The molecule has 0 fully saturated rings. The predicted molar refractivity (Wildman–Crippen MR) is 158 cm³/mol. The Morgan fingerprint density at radius 3 is 2.26 bits per heavy atom. The minimum atomic E-state index is -1.50. The van der Waals surface area contributed by atoms with E-state index in [2.05, 4.69) is 5.32 Å². The minimum Gasteiger partial charge on any atom is -0.852 e. The number of anilines is 1. The number of carbonyl (C=O) groups is 2. The van der Waals surface area contributed by atoms with Crippen molar-refractivity contribution in [2.45, 2.75) is 57.8 Å². The monoisotopic (exact) mass is 601 g/mol. The second kappa shape index (κ2) is 15.5. The molecule has 0 aliphatic heterocycles. The second-order valence-electron chi connectivity index (χ2n) is 9.99. The summed E-state index contributed by atoms with van der Waals surface area (Å²) in [6.45, 7) is 3.53. The van der Waals surface area contributed by atoms with Gasteiger partial charge in [-0.25, -0.2) is 4.39 Å². The molecule has 9 heteroatoms. The summed E-state index contributed by atoms with van der Waals surface area (Å²) in [5, 5.41) is 36.7. The largest absolute Gasteiger partial charge is 2.00 e. The number of carboxylic acids is 1. The summed E-state index contributed by atoms with van der Waals surface area (Å²) in [6, 6.07) is 10.8. The Labute approximate surface area is 282 Å². The van der Waals surface area contributed by atoms with E-state index >= 15 is 0 Å². The number of amides is 1. The fourth-order valence-corrected chi connectivity index (χ4v) is 4.91. The van der Waals surface area contributed by atoms with Crippen molar-refractivity contribution in [2.24, 2.45) is 0 Å². The molecule has 214 valence electrons. The molecule has 3 aromatic carbocycles. The van der Waals surface area contributed by atoms with Crippen LogP contribution in [-0.4, -0.2) is 71.5 Å². The van der Waals surface area contributed by atoms with Crippen LogP contribution in [0.4, 0.5) is 10.1 Å². The van der Waals surface area contributed by atoms with Crippen LogP contribution in [0, 0.1) is 5.82 Å². The van der Waals surface area contributed by atoms with Crippen LogP contribution in [0.25, 0.3) is 22.4 Å². The topological polar surface area (TPSA) is 117 Å². The van der Waals surface area contributed by atoms with Crippen LogP contribution in [-0.2, 0) is 11.3 Å². The van der Waals surface area contributed by atoms with Crippen molar-refractivity contribution in [2.75, 3.05) is 5.32 Å². The molecule has 1 aromatic heterocycles. The van der Waals surface area contributed by atoms with Crippen molar-refractivity contribution in [3.63, 3.8) is 0 Å². The van der Waals surface area contributed by atoms with E-state index in [0.29, 0.717) is 16.9 Å². The van der Waals surface area contributed by atoms with Gasteiger partial charge in [0.25, 0.3) is 5.91 Å². The molecule has 1 heterocycles. The Morgan fingerprint density at radius 2 is 1.67 bits per heavy atom. The predicted octanol–water partition coefficient (Wildman–Crippen LogP) is 3.97. The average molecular weight is 602 g/mol. The summed E-state index contributed by atoms with van der Waals surface area (Å²) >= 11 is 0. The number of hydrogen-bond acceptors (Lipinski definition) is 5. The van der Waals surface area contributed by atoms with Gasteiger partial charge in [0.1, 0.15) is 5.82 Å². The van der Waals surface area contributed by atoms with Gasteiger partial charge in [0, 0.05) is 35.9 Å². The van der Waals surface area contributed by atoms with Crippen LogP contribution in [0.5, 0.6) is 0 Å². The molecule has 0 aliphatic carbocycles. The smallest absolute Gasteiger partial charge is 0.852 e. The zero-order valence-electron chi connectivity index (χ0n) is 28.4. The molecular formula is C33H33CaFN2O5. The summed E-state index contributed by atoms with van der Waals surface area (Å²) in [6.07, 6.45) is -4.07. The Balaban J connectivity index is 0.00000600. The van der Waals surface area contributed by atoms with Crippen molar-refractivity contribution >= 4 is 55.3 Å². The quantitative estimate of drug-likeness (QED) is 0.239. The summed E-state index contributed by atoms with van der Waals surface area (Å²) in [5.41, 5.74) is 1.18. The molecular weight excluding hydrogens is 563 g/mol. The Hall–Kier alpha value is -3.01. The molecule has 0 radical (unpaired) electrons. The second-order valence-corrected chi connectivity index (χ2v) is 9.99. The molecule has 0 saturated carbocycles. The number of aliphatic carboxylic acids is 1. The maximum Gasteiger partial charge on any atom is 2.00 e. The van der Waals surface area contributed by atoms with Gasteiger partial charge in [0.05, 0.1) is 24.2 Å². The van der Waals surface area contributed by atoms with Crippen molar-refractivity contribution in [1.29, 1.82) is 0 Å². The number of nitrogens with one attached hydrogen (secondary N) is 1. The van der Waals surface area contributed by atoms with Gasteiger partial charge in [-0.2, -0.15) is 0 Å². The van der Waals surface area contributed by atoms with Gasteiger partial charge in [0.2, 0.25) is 0 Å². The standard InChI is InChI=1S/C33H34FN2O5.Ca/c1-21(2)31-30(33(41)35-25-11-7-4-8-12-25)29(22-9-5-3-6-10-22)32(23-13-15-24(34)16-14-23)36(31)18-17-26(37)19-27(38)20-28(39)40;/h3-16,21,26-27,38H,17-20H2,1-2H3,(H,35,41)(H,39,40);/q-1;+2/p-1/t26-,27-;/m1./s1/i3D,5D,6D,9D,10D;. The number of aromatic nitrogens is 1. The van der Waals surface area contributed by atoms with Gasteiger partial charge in [-0.15, -0.1) is 6.10 Å². The third-order valence-electron chi connectivity index (χ3n) is 6.59. The van der Waals surface area contributed by atoms with Crippen molar-refractivity contribution < 1.29 is 36.2 Å². The van der Waals surface area contributed by atoms with E-state index < -0.39 is 72.5 Å². The average Bonchev–Trinajstić information content (AvgIpc) is 3.33. The van der Waals surface area contributed by atoms with Crippen LogP contribution in [0.2, 0.25) is 0 Å². The summed E-state index contributed by atoms with van der Waals surface area (Å²) in [5.74, 6) is -3.10. The zero-order valence-corrected chi connectivity index (χ0v) is 25.6. The molecule has 2 N–H and O–H groups in total. The van der Waals surface area contributed by atoms with Gasteiger partial charge in [-0.1, -0.05) is 62.3 Å². The number of carboxylic acid groups (broad SMARTS) is 1. The molecule has 0 aliphatic rings. The molecule has 0 spiro atoms. The maximum atomic E-state index is 14.2. The first-order valence-electron chi connectivity index (χ1n) is 15.7. The van der Waals surface area contributed by atoms with Gasteiger partial charge in [0.15, 0.2) is 0 Å². The third-order valence-corrected chi connectivity index (χ3v) is 6.59. The normalized spacial score (nSPS) is 14.1. The van der Waals surface area contributed by atoms with Gasteiger partial charge in [-0.3, -0.25) is 4.79 Å². The van der Waals surface area contributed by atoms with E-state index in [4.69, 9.17) is 6.85 Å². The number of aliphatic hydroxyl groups is 1. The Kier molecular flexibility index (Phi) is 9.79. The molecule has 0 bridgehead atoms. The molecule has 2 atom stereocenters. The zero-order chi connectivity index (χ0) is 33.9. The van der Waals surface area contributed by atoms with Crippen LogP contribution in [0.1, 0.15) is 61.9 Å². The molecule has 42 heavy (non-hydrogen) atoms.